The van der Waals surface area contributed by atoms with Gasteiger partial charge in [-0.25, -0.2) is 0 Å². The summed E-state index contributed by atoms with van der Waals surface area (Å²) < 4.78 is 38.4. The zero-order chi connectivity index (χ0) is 16.0. The van der Waals surface area contributed by atoms with Crippen LogP contribution in [0.1, 0.15) is 37.8 Å². The average molecular weight is 302 g/mol. The van der Waals surface area contributed by atoms with Crippen LogP contribution in [0.5, 0.6) is 0 Å². The fraction of sp³-hybridized carbons (Fsp3) is 0.625. The van der Waals surface area contributed by atoms with Crippen molar-refractivity contribution in [3.8, 4) is 0 Å². The third kappa shape index (κ3) is 5.96. The highest BCUT2D eigenvalue weighted by atomic mass is 19.4. The number of aryl methyl sites for hydroxylation is 1. The number of hydrogen-bond donors (Lipinski definition) is 1. The van der Waals surface area contributed by atoms with E-state index in [4.69, 9.17) is 5.73 Å². The number of nitrogens with two attached hydrogens (primary N) is 1. The van der Waals surface area contributed by atoms with Gasteiger partial charge in [-0.3, -0.25) is 0 Å². The first-order chi connectivity index (χ1) is 9.76. The van der Waals surface area contributed by atoms with E-state index in [1.54, 1.807) is 6.07 Å². The first-order valence-corrected chi connectivity index (χ1v) is 7.43. The molecule has 2 N–H and O–H groups in total. The molecule has 1 unspecified atom stereocenters. The van der Waals surface area contributed by atoms with Crippen molar-refractivity contribution in [2.24, 2.45) is 5.73 Å². The van der Waals surface area contributed by atoms with Gasteiger partial charge in [-0.05, 0) is 37.8 Å². The summed E-state index contributed by atoms with van der Waals surface area (Å²) in [7, 11) is 0. The van der Waals surface area contributed by atoms with E-state index >= 15 is 0 Å². The van der Waals surface area contributed by atoms with Crippen molar-refractivity contribution in [3.63, 3.8) is 0 Å². The SMILES string of the molecule is CCCN(CC(F)(F)F)c1ccc(C)cc1CC(N)CC. The molecule has 5 heteroatoms. The van der Waals surface area contributed by atoms with Crippen LogP contribution in [0.15, 0.2) is 18.2 Å². The Morgan fingerprint density at radius 1 is 1.24 bits per heavy atom. The van der Waals surface area contributed by atoms with Crippen molar-refractivity contribution >= 4 is 5.69 Å². The molecule has 1 atom stereocenters. The Hall–Kier alpha value is -1.23. The number of nitrogens with zero attached hydrogens (tertiary/aromatic N) is 1. The summed E-state index contributed by atoms with van der Waals surface area (Å²) in [5.41, 5.74) is 8.59. The average Bonchev–Trinajstić information content (AvgIpc) is 2.36. The second kappa shape index (κ2) is 7.69. The summed E-state index contributed by atoms with van der Waals surface area (Å²) in [6.45, 7) is 5.28. The predicted octanol–water partition coefficient (Wildman–Crippen LogP) is 4.05. The Labute approximate surface area is 125 Å². The molecule has 0 aliphatic rings. The molecule has 0 saturated heterocycles. The van der Waals surface area contributed by atoms with Crippen LogP contribution in [0.25, 0.3) is 0 Å². The number of anilines is 1. The molecule has 21 heavy (non-hydrogen) atoms. The molecular weight excluding hydrogens is 277 g/mol. The van der Waals surface area contributed by atoms with E-state index < -0.39 is 12.7 Å². The van der Waals surface area contributed by atoms with Crippen molar-refractivity contribution in [1.82, 2.24) is 0 Å². The van der Waals surface area contributed by atoms with E-state index in [-0.39, 0.29) is 6.04 Å². The highest BCUT2D eigenvalue weighted by molar-refractivity contribution is 5.55. The predicted molar refractivity (Wildman–Crippen MR) is 81.7 cm³/mol. The lowest BCUT2D eigenvalue weighted by molar-refractivity contribution is -0.119. The monoisotopic (exact) mass is 302 g/mol. The lowest BCUT2D eigenvalue weighted by Gasteiger charge is -2.28. The first kappa shape index (κ1) is 17.8. The number of rotatable bonds is 7. The molecule has 0 aliphatic carbocycles. The Morgan fingerprint density at radius 2 is 1.90 bits per heavy atom. The van der Waals surface area contributed by atoms with Gasteiger partial charge in [0.1, 0.15) is 6.54 Å². The molecule has 1 aromatic carbocycles. The summed E-state index contributed by atoms with van der Waals surface area (Å²) in [4.78, 5) is 1.41. The van der Waals surface area contributed by atoms with E-state index in [1.807, 2.05) is 32.9 Å². The number of benzene rings is 1. The molecule has 2 nitrogen and oxygen atoms in total. The van der Waals surface area contributed by atoms with Crippen molar-refractivity contribution in [1.29, 1.82) is 0 Å². The minimum Gasteiger partial charge on any atom is -0.362 e. The lowest BCUT2D eigenvalue weighted by Crippen LogP contribution is -2.36. The van der Waals surface area contributed by atoms with Crippen molar-refractivity contribution in [3.05, 3.63) is 29.3 Å². The van der Waals surface area contributed by atoms with Crippen LogP contribution in [-0.2, 0) is 6.42 Å². The Kier molecular flexibility index (Phi) is 6.52. The number of hydrogen-bond acceptors (Lipinski definition) is 2. The van der Waals surface area contributed by atoms with Crippen LogP contribution in [0.3, 0.4) is 0 Å². The van der Waals surface area contributed by atoms with Crippen LogP contribution >= 0.6 is 0 Å². The quantitative estimate of drug-likeness (QED) is 0.823. The molecule has 1 rings (SSSR count). The van der Waals surface area contributed by atoms with Crippen molar-refractivity contribution in [2.45, 2.75) is 52.3 Å². The van der Waals surface area contributed by atoms with Gasteiger partial charge in [-0.2, -0.15) is 13.2 Å². The summed E-state index contributed by atoms with van der Waals surface area (Å²) in [5, 5.41) is 0. The molecule has 0 aliphatic heterocycles. The Balaban J connectivity index is 3.10. The van der Waals surface area contributed by atoms with E-state index in [1.165, 1.54) is 4.90 Å². The number of halogens is 3. The second-order valence-corrected chi connectivity index (χ2v) is 5.54. The minimum absolute atomic E-state index is 0.0279. The van der Waals surface area contributed by atoms with Gasteiger partial charge in [0.2, 0.25) is 0 Å². The van der Waals surface area contributed by atoms with Crippen LogP contribution in [0.2, 0.25) is 0 Å². The molecule has 0 saturated carbocycles. The Bertz CT molecular complexity index is 444. The summed E-state index contributed by atoms with van der Waals surface area (Å²) >= 11 is 0. The smallest absolute Gasteiger partial charge is 0.362 e. The normalized spacial score (nSPS) is 13.3. The standard InChI is InChI=1S/C16H25F3N2/c1-4-8-21(11-16(17,18)19)15-7-6-12(3)9-13(15)10-14(20)5-2/h6-7,9,14H,4-5,8,10-11,20H2,1-3H3. The van der Waals surface area contributed by atoms with E-state index in [2.05, 4.69) is 0 Å². The zero-order valence-corrected chi connectivity index (χ0v) is 13.0. The van der Waals surface area contributed by atoms with Crippen LogP contribution in [0, 0.1) is 6.92 Å². The fourth-order valence-electron chi connectivity index (χ4n) is 2.38. The van der Waals surface area contributed by atoms with Crippen LogP contribution in [-0.4, -0.2) is 25.3 Å². The maximum atomic E-state index is 12.8. The van der Waals surface area contributed by atoms with Crippen LogP contribution in [0.4, 0.5) is 18.9 Å². The highest BCUT2D eigenvalue weighted by Gasteiger charge is 2.31. The molecule has 1 aromatic rings. The van der Waals surface area contributed by atoms with Gasteiger partial charge in [0.15, 0.2) is 0 Å². The van der Waals surface area contributed by atoms with Gasteiger partial charge in [-0.1, -0.05) is 31.5 Å². The van der Waals surface area contributed by atoms with Crippen LogP contribution < -0.4 is 10.6 Å². The lowest BCUT2D eigenvalue weighted by atomic mass is 10.00. The topological polar surface area (TPSA) is 29.3 Å². The van der Waals surface area contributed by atoms with E-state index in [0.29, 0.717) is 25.1 Å². The van der Waals surface area contributed by atoms with Gasteiger partial charge >= 0.3 is 6.18 Å². The van der Waals surface area contributed by atoms with Gasteiger partial charge in [0, 0.05) is 18.3 Å². The molecule has 0 bridgehead atoms. The van der Waals surface area contributed by atoms with Crippen molar-refractivity contribution < 1.29 is 13.2 Å². The fourth-order valence-corrected chi connectivity index (χ4v) is 2.38. The molecule has 0 fully saturated rings. The van der Waals surface area contributed by atoms with Gasteiger partial charge in [0.05, 0.1) is 0 Å². The molecule has 120 valence electrons. The van der Waals surface area contributed by atoms with E-state index in [9.17, 15) is 13.2 Å². The highest BCUT2D eigenvalue weighted by Crippen LogP contribution is 2.27. The summed E-state index contributed by atoms with van der Waals surface area (Å²) in [6, 6.07) is 5.56. The number of alkyl halides is 3. The molecule has 0 amide bonds. The zero-order valence-electron chi connectivity index (χ0n) is 13.0. The summed E-state index contributed by atoms with van der Waals surface area (Å²) in [5.74, 6) is 0. The van der Waals surface area contributed by atoms with Gasteiger partial charge < -0.3 is 10.6 Å². The summed E-state index contributed by atoms with van der Waals surface area (Å²) in [6.07, 6.45) is -2.13. The molecular formula is C16H25F3N2. The molecule has 0 aromatic heterocycles. The maximum absolute atomic E-state index is 12.8. The van der Waals surface area contributed by atoms with Gasteiger partial charge in [0.25, 0.3) is 0 Å². The Morgan fingerprint density at radius 3 is 2.43 bits per heavy atom. The molecule has 0 heterocycles. The first-order valence-electron chi connectivity index (χ1n) is 7.43. The third-order valence-electron chi connectivity index (χ3n) is 3.45. The molecule has 0 spiro atoms. The maximum Gasteiger partial charge on any atom is 0.405 e. The van der Waals surface area contributed by atoms with E-state index in [0.717, 1.165) is 17.5 Å². The third-order valence-corrected chi connectivity index (χ3v) is 3.45. The second-order valence-electron chi connectivity index (χ2n) is 5.54. The minimum atomic E-state index is -4.20. The van der Waals surface area contributed by atoms with Gasteiger partial charge in [-0.15, -0.1) is 0 Å². The molecule has 0 radical (unpaired) electrons. The largest absolute Gasteiger partial charge is 0.405 e. The van der Waals surface area contributed by atoms with Crippen molar-refractivity contribution in [2.75, 3.05) is 18.0 Å².